The van der Waals surface area contributed by atoms with Gasteiger partial charge < -0.3 is 10.6 Å². The highest BCUT2D eigenvalue weighted by molar-refractivity contribution is 7.12. The number of amides is 1. The van der Waals surface area contributed by atoms with Crippen molar-refractivity contribution in [1.29, 1.82) is 0 Å². The van der Waals surface area contributed by atoms with E-state index in [1.54, 1.807) is 11.3 Å². The Morgan fingerprint density at radius 3 is 2.52 bits per heavy atom. The third-order valence-corrected chi connectivity index (χ3v) is 8.18. The van der Waals surface area contributed by atoms with E-state index >= 15 is 0 Å². The van der Waals surface area contributed by atoms with Crippen LogP contribution in [0.2, 0.25) is 0 Å². The second-order valence-electron chi connectivity index (χ2n) is 9.32. The molecule has 0 radical (unpaired) electrons. The van der Waals surface area contributed by atoms with E-state index in [1.807, 2.05) is 6.92 Å². The lowest BCUT2D eigenvalue weighted by Gasteiger charge is -2.26. The van der Waals surface area contributed by atoms with Gasteiger partial charge in [0.2, 0.25) is 10.9 Å². The molecule has 3 aliphatic carbocycles. The number of carbonyl (C=O) groups excluding carboxylic acids is 2. The molecule has 6 nitrogen and oxygen atoms in total. The average molecular weight is 441 g/mol. The van der Waals surface area contributed by atoms with Crippen molar-refractivity contribution in [2.45, 2.75) is 70.8 Å². The summed E-state index contributed by atoms with van der Waals surface area (Å²) in [4.78, 5) is 51.5. The Hall–Kier alpha value is -2.28. The quantitative estimate of drug-likeness (QED) is 0.585. The van der Waals surface area contributed by atoms with Crippen LogP contribution in [0.25, 0.3) is 0 Å². The van der Waals surface area contributed by atoms with E-state index in [0.29, 0.717) is 48.5 Å². The van der Waals surface area contributed by atoms with Gasteiger partial charge in [-0.3, -0.25) is 19.2 Å². The molecule has 0 saturated heterocycles. The molecule has 1 aromatic carbocycles. The molecule has 164 valence electrons. The van der Waals surface area contributed by atoms with Crippen LogP contribution >= 0.6 is 11.3 Å². The van der Waals surface area contributed by atoms with Gasteiger partial charge in [-0.1, -0.05) is 6.92 Å². The van der Waals surface area contributed by atoms with Crippen LogP contribution in [0.4, 0.5) is 5.69 Å². The molecule has 31 heavy (non-hydrogen) atoms. The minimum atomic E-state index is -0.425. The van der Waals surface area contributed by atoms with Crippen molar-refractivity contribution in [1.82, 2.24) is 5.32 Å². The number of aryl methyl sites for hydroxylation is 1. The summed E-state index contributed by atoms with van der Waals surface area (Å²) in [5.41, 5.74) is 1.96. The summed E-state index contributed by atoms with van der Waals surface area (Å²) in [6.45, 7) is 2.58. The van der Waals surface area contributed by atoms with E-state index in [0.717, 1.165) is 36.1 Å². The van der Waals surface area contributed by atoms with E-state index in [9.17, 15) is 19.2 Å². The molecule has 0 spiro atoms. The van der Waals surface area contributed by atoms with E-state index < -0.39 is 5.43 Å². The molecular weight excluding hydrogens is 412 g/mol. The van der Waals surface area contributed by atoms with E-state index in [2.05, 4.69) is 10.6 Å². The summed E-state index contributed by atoms with van der Waals surface area (Å²) in [6.07, 6.45) is 7.48. The van der Waals surface area contributed by atoms with Crippen LogP contribution in [0.1, 0.15) is 70.3 Å². The maximum absolute atomic E-state index is 13.1. The topological polar surface area (TPSA) is 92.3 Å². The lowest BCUT2D eigenvalue weighted by atomic mass is 9.89. The van der Waals surface area contributed by atoms with Gasteiger partial charge in [-0.05, 0) is 62.8 Å². The van der Waals surface area contributed by atoms with Crippen molar-refractivity contribution >= 4 is 28.7 Å². The van der Waals surface area contributed by atoms with Crippen LogP contribution in [-0.2, 0) is 30.5 Å². The summed E-state index contributed by atoms with van der Waals surface area (Å²) in [7, 11) is 0. The Kier molecular flexibility index (Phi) is 5.32. The third-order valence-electron chi connectivity index (χ3n) is 6.89. The third kappa shape index (κ3) is 4.00. The Labute approximate surface area is 185 Å². The summed E-state index contributed by atoms with van der Waals surface area (Å²) >= 11 is 1.62. The van der Waals surface area contributed by atoms with Gasteiger partial charge in [0.15, 0.2) is 0 Å². The van der Waals surface area contributed by atoms with Crippen molar-refractivity contribution in [3.05, 3.63) is 46.9 Å². The molecule has 2 fully saturated rings. The normalized spacial score (nSPS) is 20.5. The summed E-state index contributed by atoms with van der Waals surface area (Å²) in [6, 6.07) is 0.0117. The number of thiophene rings is 1. The number of nitrogens with one attached hydrogen (secondary N) is 2. The number of ketones is 1. The number of hydrogen-bond donors (Lipinski definition) is 2. The maximum Gasteiger partial charge on any atom is 0.252 e. The van der Waals surface area contributed by atoms with Gasteiger partial charge in [0.1, 0.15) is 5.78 Å². The predicted molar refractivity (Wildman–Crippen MR) is 121 cm³/mol. The molecule has 2 aromatic rings. The SMILES string of the molecule is CCc1c(N[C@@H]2CCc3sc(CC(=O)C4CC4)c(C(=O)NCC4CC4)c3C2)c(=O)c1=O. The zero-order valence-electron chi connectivity index (χ0n) is 17.8. The van der Waals surface area contributed by atoms with Crippen molar-refractivity contribution in [2.24, 2.45) is 11.8 Å². The van der Waals surface area contributed by atoms with E-state index in [-0.39, 0.29) is 29.1 Å². The molecule has 2 N–H and O–H groups in total. The Morgan fingerprint density at radius 2 is 1.84 bits per heavy atom. The van der Waals surface area contributed by atoms with Crippen molar-refractivity contribution in [2.75, 3.05) is 11.9 Å². The molecule has 5 rings (SSSR count). The molecule has 1 heterocycles. The largest absolute Gasteiger partial charge is 0.378 e. The zero-order chi connectivity index (χ0) is 21.7. The maximum atomic E-state index is 13.1. The number of anilines is 1. The van der Waals surface area contributed by atoms with Crippen LogP contribution in [0.3, 0.4) is 0 Å². The predicted octanol–water partition coefficient (Wildman–Crippen LogP) is 2.54. The monoisotopic (exact) mass is 440 g/mol. The summed E-state index contributed by atoms with van der Waals surface area (Å²) < 4.78 is 0. The van der Waals surface area contributed by atoms with Gasteiger partial charge >= 0.3 is 0 Å². The van der Waals surface area contributed by atoms with E-state index in [4.69, 9.17) is 0 Å². The van der Waals surface area contributed by atoms with Crippen LogP contribution in [-0.4, -0.2) is 24.3 Å². The number of carbonyl (C=O) groups is 2. The van der Waals surface area contributed by atoms with Crippen LogP contribution in [0, 0.1) is 11.8 Å². The molecular formula is C24H28N2O4S. The number of fused-ring (bicyclic) bond motifs is 1. The molecule has 2 saturated carbocycles. The van der Waals surface area contributed by atoms with Gasteiger partial charge in [-0.2, -0.15) is 0 Å². The lowest BCUT2D eigenvalue weighted by Crippen LogP contribution is -2.41. The number of rotatable bonds is 9. The Bertz CT molecular complexity index is 1120. The highest BCUT2D eigenvalue weighted by Crippen LogP contribution is 2.38. The van der Waals surface area contributed by atoms with Crippen LogP contribution in [0.15, 0.2) is 9.59 Å². The first-order valence-corrected chi connectivity index (χ1v) is 12.3. The van der Waals surface area contributed by atoms with Gasteiger partial charge in [-0.15, -0.1) is 11.3 Å². The van der Waals surface area contributed by atoms with Crippen LogP contribution < -0.4 is 21.5 Å². The first kappa shape index (κ1) is 20.6. The number of hydrogen-bond acceptors (Lipinski definition) is 6. The zero-order valence-corrected chi connectivity index (χ0v) is 18.7. The number of Topliss-reactive ketones (excluding diaryl/α,β-unsaturated/α-hetero) is 1. The summed E-state index contributed by atoms with van der Waals surface area (Å²) in [5.74, 6) is 0.955. The van der Waals surface area contributed by atoms with Gasteiger partial charge in [0.05, 0.1) is 11.3 Å². The molecule has 0 bridgehead atoms. The smallest absolute Gasteiger partial charge is 0.252 e. The highest BCUT2D eigenvalue weighted by atomic mass is 32.1. The fourth-order valence-corrected chi connectivity index (χ4v) is 6.00. The second kappa shape index (κ2) is 8.01. The lowest BCUT2D eigenvalue weighted by molar-refractivity contribution is -0.119. The molecule has 1 amide bonds. The van der Waals surface area contributed by atoms with Gasteiger partial charge in [-0.25, -0.2) is 0 Å². The molecule has 1 atom stereocenters. The highest BCUT2D eigenvalue weighted by Gasteiger charge is 2.35. The van der Waals surface area contributed by atoms with Gasteiger partial charge in [0.25, 0.3) is 5.91 Å². The minimum Gasteiger partial charge on any atom is -0.378 e. The summed E-state index contributed by atoms with van der Waals surface area (Å²) in [5, 5.41) is 6.39. The molecule has 7 heteroatoms. The Morgan fingerprint density at radius 1 is 1.06 bits per heavy atom. The minimum absolute atomic E-state index is 0.0117. The first-order chi connectivity index (χ1) is 15.0. The molecule has 0 aliphatic heterocycles. The van der Waals surface area contributed by atoms with Crippen molar-refractivity contribution < 1.29 is 9.59 Å². The fraction of sp³-hybridized carbons (Fsp3) is 0.583. The van der Waals surface area contributed by atoms with Crippen molar-refractivity contribution in [3.63, 3.8) is 0 Å². The second-order valence-corrected chi connectivity index (χ2v) is 10.5. The fourth-order valence-electron chi connectivity index (χ4n) is 4.64. The van der Waals surface area contributed by atoms with Crippen LogP contribution in [0.5, 0.6) is 0 Å². The molecule has 3 aliphatic rings. The van der Waals surface area contributed by atoms with E-state index in [1.165, 1.54) is 17.7 Å². The standard InChI is InChI=1S/C24H28N2O4S/c1-2-15-21(23(29)22(15)28)26-14-7-8-18-16(9-14)20(24(30)25-11-12-3-4-12)19(31-18)10-17(27)13-5-6-13/h12-14,26H,2-11H2,1H3,(H,25,30)/t14-/m1/s1. The molecule has 0 unspecified atom stereocenters. The molecule has 1 aromatic heterocycles. The van der Waals surface area contributed by atoms with Crippen molar-refractivity contribution in [3.8, 4) is 0 Å². The average Bonchev–Trinajstić information content (AvgIpc) is 3.68. The van der Waals surface area contributed by atoms with Gasteiger partial charge in [0, 0.05) is 40.2 Å². The Balaban J connectivity index is 1.39. The first-order valence-electron chi connectivity index (χ1n) is 11.5.